The second-order valence-corrected chi connectivity index (χ2v) is 9.91. The van der Waals surface area contributed by atoms with Gasteiger partial charge in [0.15, 0.2) is 0 Å². The van der Waals surface area contributed by atoms with Gasteiger partial charge in [0, 0.05) is 39.2 Å². The lowest BCUT2D eigenvalue weighted by Crippen LogP contribution is -2.35. The van der Waals surface area contributed by atoms with Crippen LogP contribution in [0.1, 0.15) is 37.1 Å². The molecule has 0 saturated carbocycles. The number of pyridine rings is 1. The second kappa shape index (κ2) is 8.76. The molecule has 1 amide bonds. The monoisotopic (exact) mass is 441 g/mol. The maximum atomic E-state index is 13.0. The molecule has 1 aliphatic rings. The average molecular weight is 442 g/mol. The van der Waals surface area contributed by atoms with E-state index in [0.717, 1.165) is 36.2 Å². The molecule has 4 rings (SSSR count). The zero-order valence-electron chi connectivity index (χ0n) is 17.8. The standard InChI is InChI=1S/C22H27N5O3S/c1-16-10-11-23-20(14-16)25-22(28)9-8-21-24-18-15-17(6-7-19(18)26(21)2)31(29,30)27-12-4-3-5-13-27/h6-7,10-11,14-15H,3-5,8-9,12-13H2,1-2H3,(H,23,25,28). The molecule has 3 aromatic rings. The van der Waals surface area contributed by atoms with Crippen LogP contribution in [0.4, 0.5) is 5.82 Å². The fourth-order valence-electron chi connectivity index (χ4n) is 3.90. The number of hydrogen-bond acceptors (Lipinski definition) is 5. The number of carbonyl (C=O) groups is 1. The van der Waals surface area contributed by atoms with Crippen LogP contribution < -0.4 is 5.32 Å². The molecule has 1 N–H and O–H groups in total. The summed E-state index contributed by atoms with van der Waals surface area (Å²) in [5, 5.41) is 2.80. The van der Waals surface area contributed by atoms with Crippen LogP contribution in [-0.2, 0) is 28.3 Å². The number of piperidine rings is 1. The van der Waals surface area contributed by atoms with Crippen LogP contribution in [0.2, 0.25) is 0 Å². The number of nitrogens with zero attached hydrogens (tertiary/aromatic N) is 4. The number of nitrogens with one attached hydrogen (secondary N) is 1. The van der Waals surface area contributed by atoms with Gasteiger partial charge in [0.25, 0.3) is 0 Å². The van der Waals surface area contributed by atoms with Crippen molar-refractivity contribution in [2.24, 2.45) is 7.05 Å². The Labute approximate surface area is 182 Å². The van der Waals surface area contributed by atoms with Crippen molar-refractivity contribution in [2.75, 3.05) is 18.4 Å². The molecule has 1 fully saturated rings. The summed E-state index contributed by atoms with van der Waals surface area (Å²) >= 11 is 0. The predicted molar refractivity (Wildman–Crippen MR) is 119 cm³/mol. The fraction of sp³-hybridized carbons (Fsp3) is 0.409. The number of rotatable bonds is 6. The van der Waals surface area contributed by atoms with Gasteiger partial charge in [0.05, 0.1) is 15.9 Å². The van der Waals surface area contributed by atoms with Crippen molar-refractivity contribution in [1.29, 1.82) is 0 Å². The van der Waals surface area contributed by atoms with Crippen molar-refractivity contribution in [2.45, 2.75) is 43.9 Å². The third-order valence-corrected chi connectivity index (χ3v) is 7.55. The van der Waals surface area contributed by atoms with Gasteiger partial charge in [-0.1, -0.05) is 6.42 Å². The maximum Gasteiger partial charge on any atom is 0.243 e. The number of hydrogen-bond donors (Lipinski definition) is 1. The minimum Gasteiger partial charge on any atom is -0.331 e. The van der Waals surface area contributed by atoms with Crippen LogP contribution in [0, 0.1) is 6.92 Å². The van der Waals surface area contributed by atoms with Gasteiger partial charge in [-0.3, -0.25) is 4.79 Å². The smallest absolute Gasteiger partial charge is 0.243 e. The molecular weight excluding hydrogens is 414 g/mol. The van der Waals surface area contributed by atoms with E-state index in [0.29, 0.717) is 30.8 Å². The Morgan fingerprint density at radius 2 is 1.90 bits per heavy atom. The summed E-state index contributed by atoms with van der Waals surface area (Å²) in [6.45, 7) is 3.08. The molecular formula is C22H27N5O3S. The number of anilines is 1. The van der Waals surface area contributed by atoms with Gasteiger partial charge in [-0.05, 0) is 55.7 Å². The second-order valence-electron chi connectivity index (χ2n) is 7.97. The molecule has 0 bridgehead atoms. The number of imidazole rings is 1. The fourth-order valence-corrected chi connectivity index (χ4v) is 5.44. The van der Waals surface area contributed by atoms with Crippen molar-refractivity contribution in [3.63, 3.8) is 0 Å². The first-order chi connectivity index (χ1) is 14.8. The predicted octanol–water partition coefficient (Wildman–Crippen LogP) is 3.02. The molecule has 8 nitrogen and oxygen atoms in total. The normalized spacial score (nSPS) is 15.3. The molecule has 2 aromatic heterocycles. The van der Waals surface area contributed by atoms with Gasteiger partial charge < -0.3 is 9.88 Å². The lowest BCUT2D eigenvalue weighted by Gasteiger charge is -2.25. The topological polar surface area (TPSA) is 97.2 Å². The third-order valence-electron chi connectivity index (χ3n) is 5.66. The largest absolute Gasteiger partial charge is 0.331 e. The summed E-state index contributed by atoms with van der Waals surface area (Å²) in [4.78, 5) is 21.3. The molecule has 0 aliphatic carbocycles. The van der Waals surface area contributed by atoms with Gasteiger partial charge in [-0.2, -0.15) is 4.31 Å². The Balaban J connectivity index is 1.49. The summed E-state index contributed by atoms with van der Waals surface area (Å²) in [5.74, 6) is 1.12. The maximum absolute atomic E-state index is 13.0. The van der Waals surface area contributed by atoms with Gasteiger partial charge in [0.2, 0.25) is 15.9 Å². The molecule has 0 spiro atoms. The van der Waals surface area contributed by atoms with Crippen LogP contribution >= 0.6 is 0 Å². The molecule has 0 atom stereocenters. The Hall–Kier alpha value is -2.78. The van der Waals surface area contributed by atoms with Crippen molar-refractivity contribution in [3.05, 3.63) is 47.9 Å². The number of fused-ring (bicyclic) bond motifs is 1. The number of sulfonamides is 1. The highest BCUT2D eigenvalue weighted by atomic mass is 32.2. The first kappa shape index (κ1) is 21.5. The zero-order chi connectivity index (χ0) is 22.0. The van der Waals surface area contributed by atoms with E-state index in [1.165, 1.54) is 0 Å². The van der Waals surface area contributed by atoms with E-state index in [4.69, 9.17) is 0 Å². The van der Waals surface area contributed by atoms with E-state index >= 15 is 0 Å². The summed E-state index contributed by atoms with van der Waals surface area (Å²) < 4.78 is 29.4. The van der Waals surface area contributed by atoms with E-state index in [1.54, 1.807) is 28.7 Å². The van der Waals surface area contributed by atoms with Crippen LogP contribution in [-0.4, -0.2) is 46.3 Å². The molecule has 1 aromatic carbocycles. The van der Waals surface area contributed by atoms with Crippen molar-refractivity contribution < 1.29 is 13.2 Å². The van der Waals surface area contributed by atoms with Crippen LogP contribution in [0.25, 0.3) is 11.0 Å². The van der Waals surface area contributed by atoms with E-state index in [9.17, 15) is 13.2 Å². The minimum atomic E-state index is -3.51. The van der Waals surface area contributed by atoms with E-state index in [-0.39, 0.29) is 17.2 Å². The quantitative estimate of drug-likeness (QED) is 0.634. The van der Waals surface area contributed by atoms with E-state index in [2.05, 4.69) is 15.3 Å². The Morgan fingerprint density at radius 3 is 2.65 bits per heavy atom. The van der Waals surface area contributed by atoms with Crippen LogP contribution in [0.3, 0.4) is 0 Å². The highest BCUT2D eigenvalue weighted by Gasteiger charge is 2.26. The van der Waals surface area contributed by atoms with Crippen molar-refractivity contribution in [1.82, 2.24) is 18.8 Å². The number of aromatic nitrogens is 3. The Bertz CT molecular complexity index is 1210. The molecule has 1 aliphatic heterocycles. The average Bonchev–Trinajstić information content (AvgIpc) is 3.08. The van der Waals surface area contributed by atoms with Crippen molar-refractivity contribution >= 4 is 32.8 Å². The lowest BCUT2D eigenvalue weighted by atomic mass is 10.2. The molecule has 31 heavy (non-hydrogen) atoms. The molecule has 9 heteroatoms. The summed E-state index contributed by atoms with van der Waals surface area (Å²) in [7, 11) is -1.63. The van der Waals surface area contributed by atoms with E-state index < -0.39 is 10.0 Å². The summed E-state index contributed by atoms with van der Waals surface area (Å²) in [6.07, 6.45) is 5.22. The first-order valence-electron chi connectivity index (χ1n) is 10.5. The van der Waals surface area contributed by atoms with Gasteiger partial charge in [-0.25, -0.2) is 18.4 Å². The number of amides is 1. The van der Waals surface area contributed by atoms with Crippen LogP contribution in [0.5, 0.6) is 0 Å². The van der Waals surface area contributed by atoms with Gasteiger partial charge in [0.1, 0.15) is 11.6 Å². The number of benzene rings is 1. The van der Waals surface area contributed by atoms with Gasteiger partial charge >= 0.3 is 0 Å². The Morgan fingerprint density at radius 1 is 1.13 bits per heavy atom. The van der Waals surface area contributed by atoms with E-state index in [1.807, 2.05) is 30.7 Å². The van der Waals surface area contributed by atoms with Crippen LogP contribution in [0.15, 0.2) is 41.4 Å². The number of carbonyl (C=O) groups excluding carboxylic acids is 1. The third kappa shape index (κ3) is 4.62. The highest BCUT2D eigenvalue weighted by molar-refractivity contribution is 7.89. The molecule has 0 radical (unpaired) electrons. The first-order valence-corrected chi connectivity index (χ1v) is 12.0. The van der Waals surface area contributed by atoms with Gasteiger partial charge in [-0.15, -0.1) is 0 Å². The Kier molecular flexibility index (Phi) is 6.06. The minimum absolute atomic E-state index is 0.140. The molecule has 1 saturated heterocycles. The summed E-state index contributed by atoms with van der Waals surface area (Å²) in [5.41, 5.74) is 2.49. The SMILES string of the molecule is Cc1ccnc(NC(=O)CCc2nc3cc(S(=O)(=O)N4CCCCC4)ccc3n2C)c1. The molecule has 164 valence electrons. The van der Waals surface area contributed by atoms with Crippen molar-refractivity contribution in [3.8, 4) is 0 Å². The molecule has 0 unspecified atom stereocenters. The highest BCUT2D eigenvalue weighted by Crippen LogP contribution is 2.25. The summed E-state index contributed by atoms with van der Waals surface area (Å²) in [6, 6.07) is 8.76. The molecule has 3 heterocycles. The zero-order valence-corrected chi connectivity index (χ0v) is 18.7. The number of aryl methyl sites for hydroxylation is 3. The lowest BCUT2D eigenvalue weighted by molar-refractivity contribution is -0.116.